The highest BCUT2D eigenvalue weighted by Gasteiger charge is 2.16. The van der Waals surface area contributed by atoms with E-state index >= 15 is 0 Å². The molecule has 4 heteroatoms. The summed E-state index contributed by atoms with van der Waals surface area (Å²) in [6, 6.07) is 13.1. The van der Waals surface area contributed by atoms with Gasteiger partial charge in [0.25, 0.3) is 10.1 Å². The van der Waals surface area contributed by atoms with Gasteiger partial charge in [0, 0.05) is 0 Å². The van der Waals surface area contributed by atoms with Gasteiger partial charge in [0.05, 0.1) is 11.5 Å². The fraction of sp³-hybridized carbons (Fsp3) is 0.294. The van der Waals surface area contributed by atoms with Crippen LogP contribution in [-0.4, -0.2) is 15.0 Å². The van der Waals surface area contributed by atoms with Crippen molar-refractivity contribution in [3.05, 3.63) is 53.6 Å². The Morgan fingerprint density at radius 3 is 2.29 bits per heavy atom. The molecule has 0 aliphatic rings. The van der Waals surface area contributed by atoms with E-state index < -0.39 is 10.1 Å². The monoisotopic (exact) mass is 304 g/mol. The van der Waals surface area contributed by atoms with Gasteiger partial charge in [0.15, 0.2) is 0 Å². The van der Waals surface area contributed by atoms with Crippen molar-refractivity contribution in [2.75, 3.05) is 6.61 Å². The molecule has 0 bridgehead atoms. The molecule has 0 unspecified atom stereocenters. The van der Waals surface area contributed by atoms with E-state index in [4.69, 9.17) is 4.18 Å². The summed E-state index contributed by atoms with van der Waals surface area (Å²) >= 11 is 0. The Balaban J connectivity index is 2.44. The summed E-state index contributed by atoms with van der Waals surface area (Å²) in [5.41, 5.74) is 4.13. The molecule has 0 spiro atoms. The van der Waals surface area contributed by atoms with Crippen molar-refractivity contribution in [3.8, 4) is 11.1 Å². The normalized spacial score (nSPS) is 11.6. The first-order chi connectivity index (χ1) is 9.94. The SMILES string of the molecule is CCCOS(=O)(=O)c1ccc(C)c(-c2ccc(C)cc2)c1. The Kier molecular flexibility index (Phi) is 4.80. The first-order valence-corrected chi connectivity index (χ1v) is 8.42. The Morgan fingerprint density at radius 2 is 1.67 bits per heavy atom. The molecule has 3 nitrogen and oxygen atoms in total. The van der Waals surface area contributed by atoms with Crippen molar-refractivity contribution in [2.24, 2.45) is 0 Å². The highest BCUT2D eigenvalue weighted by molar-refractivity contribution is 7.86. The van der Waals surface area contributed by atoms with Gasteiger partial charge in [-0.1, -0.05) is 42.8 Å². The summed E-state index contributed by atoms with van der Waals surface area (Å²) in [5.74, 6) is 0. The van der Waals surface area contributed by atoms with Crippen LogP contribution in [0.25, 0.3) is 11.1 Å². The smallest absolute Gasteiger partial charge is 0.266 e. The van der Waals surface area contributed by atoms with Gasteiger partial charge in [0.1, 0.15) is 0 Å². The number of rotatable bonds is 5. The van der Waals surface area contributed by atoms with Gasteiger partial charge in [-0.15, -0.1) is 0 Å². The van der Waals surface area contributed by atoms with Crippen LogP contribution in [0.2, 0.25) is 0 Å². The summed E-state index contributed by atoms with van der Waals surface area (Å²) in [6.45, 7) is 6.08. The molecule has 0 radical (unpaired) electrons. The minimum atomic E-state index is -3.68. The third kappa shape index (κ3) is 3.71. The van der Waals surface area contributed by atoms with Gasteiger partial charge in [-0.25, -0.2) is 0 Å². The molecule has 0 aliphatic heterocycles. The van der Waals surface area contributed by atoms with Crippen molar-refractivity contribution in [1.82, 2.24) is 0 Å². The predicted molar refractivity (Wildman–Crippen MR) is 84.8 cm³/mol. The molecule has 0 heterocycles. The summed E-state index contributed by atoms with van der Waals surface area (Å²) in [4.78, 5) is 0.206. The third-order valence-electron chi connectivity index (χ3n) is 3.30. The molecule has 2 aromatic rings. The zero-order valence-electron chi connectivity index (χ0n) is 12.6. The van der Waals surface area contributed by atoms with Crippen molar-refractivity contribution in [2.45, 2.75) is 32.1 Å². The summed E-state index contributed by atoms with van der Waals surface area (Å²) in [7, 11) is -3.68. The first-order valence-electron chi connectivity index (χ1n) is 7.01. The van der Waals surface area contributed by atoms with Crippen LogP contribution in [0.4, 0.5) is 0 Å². The zero-order valence-corrected chi connectivity index (χ0v) is 13.4. The fourth-order valence-electron chi connectivity index (χ4n) is 2.06. The number of aryl methyl sites for hydroxylation is 2. The van der Waals surface area contributed by atoms with Crippen LogP contribution in [0.15, 0.2) is 47.4 Å². The van der Waals surface area contributed by atoms with Crippen LogP contribution in [0.5, 0.6) is 0 Å². The standard InChI is InChI=1S/C17H20O3S/c1-4-11-20-21(18,19)16-10-7-14(3)17(12-16)15-8-5-13(2)6-9-15/h5-10,12H,4,11H2,1-3H3. The van der Waals surface area contributed by atoms with Gasteiger partial charge in [-0.2, -0.15) is 8.42 Å². The molecule has 2 aromatic carbocycles. The maximum atomic E-state index is 12.1. The maximum Gasteiger partial charge on any atom is 0.296 e. The largest absolute Gasteiger partial charge is 0.296 e. The molecule has 0 aliphatic carbocycles. The minimum absolute atomic E-state index is 0.204. The van der Waals surface area contributed by atoms with Crippen molar-refractivity contribution in [1.29, 1.82) is 0 Å². The quantitative estimate of drug-likeness (QED) is 0.782. The third-order valence-corrected chi connectivity index (χ3v) is 4.61. The molecular formula is C17H20O3S. The van der Waals surface area contributed by atoms with Gasteiger partial charge < -0.3 is 0 Å². The molecule has 0 N–H and O–H groups in total. The van der Waals surface area contributed by atoms with Crippen molar-refractivity contribution in [3.63, 3.8) is 0 Å². The maximum absolute atomic E-state index is 12.1. The molecule has 0 saturated carbocycles. The molecule has 21 heavy (non-hydrogen) atoms. The lowest BCUT2D eigenvalue weighted by atomic mass is 10.00. The molecule has 112 valence electrons. The second-order valence-electron chi connectivity index (χ2n) is 5.12. The van der Waals surface area contributed by atoms with E-state index in [2.05, 4.69) is 0 Å². The van der Waals surface area contributed by atoms with Crippen molar-refractivity contribution < 1.29 is 12.6 Å². The second-order valence-corrected chi connectivity index (χ2v) is 6.73. The molecular weight excluding hydrogens is 284 g/mol. The Hall–Kier alpha value is -1.65. The highest BCUT2D eigenvalue weighted by Crippen LogP contribution is 2.27. The van der Waals surface area contributed by atoms with Gasteiger partial charge >= 0.3 is 0 Å². The lowest BCUT2D eigenvalue weighted by Gasteiger charge is -2.10. The van der Waals surface area contributed by atoms with E-state index in [1.54, 1.807) is 12.1 Å². The van der Waals surface area contributed by atoms with Crippen LogP contribution >= 0.6 is 0 Å². The predicted octanol–water partition coefficient (Wildman–Crippen LogP) is 4.09. The lowest BCUT2D eigenvalue weighted by Crippen LogP contribution is -2.07. The molecule has 0 aromatic heterocycles. The van der Waals surface area contributed by atoms with E-state index in [1.807, 2.05) is 51.1 Å². The summed E-state index contributed by atoms with van der Waals surface area (Å²) in [5, 5.41) is 0. The molecule has 0 amide bonds. The van der Waals surface area contributed by atoms with Crippen LogP contribution in [0.1, 0.15) is 24.5 Å². The number of hydrogen-bond donors (Lipinski definition) is 0. The average molecular weight is 304 g/mol. The molecule has 0 saturated heterocycles. The summed E-state index contributed by atoms with van der Waals surface area (Å²) in [6.07, 6.45) is 0.663. The minimum Gasteiger partial charge on any atom is -0.266 e. The van der Waals surface area contributed by atoms with Gasteiger partial charge in [-0.3, -0.25) is 4.18 Å². The Bertz CT molecular complexity index is 716. The molecule has 0 fully saturated rings. The highest BCUT2D eigenvalue weighted by atomic mass is 32.2. The van der Waals surface area contributed by atoms with E-state index in [0.717, 1.165) is 16.7 Å². The Morgan fingerprint density at radius 1 is 1.00 bits per heavy atom. The fourth-order valence-corrected chi connectivity index (χ4v) is 3.08. The van der Waals surface area contributed by atoms with E-state index in [0.29, 0.717) is 6.42 Å². The molecule has 2 rings (SSSR count). The van der Waals surface area contributed by atoms with Crippen LogP contribution in [-0.2, 0) is 14.3 Å². The zero-order chi connectivity index (χ0) is 15.5. The van der Waals surface area contributed by atoms with Crippen LogP contribution in [0.3, 0.4) is 0 Å². The van der Waals surface area contributed by atoms with Crippen LogP contribution < -0.4 is 0 Å². The van der Waals surface area contributed by atoms with Crippen LogP contribution in [0, 0.1) is 13.8 Å². The average Bonchev–Trinajstić information content (AvgIpc) is 2.46. The van der Waals surface area contributed by atoms with Crippen molar-refractivity contribution >= 4 is 10.1 Å². The van der Waals surface area contributed by atoms with Gasteiger partial charge in [-0.05, 0) is 49.1 Å². The Labute approximate surface area is 126 Å². The van der Waals surface area contributed by atoms with Gasteiger partial charge in [0.2, 0.25) is 0 Å². The topological polar surface area (TPSA) is 43.4 Å². The van der Waals surface area contributed by atoms with E-state index in [9.17, 15) is 8.42 Å². The number of hydrogen-bond acceptors (Lipinski definition) is 3. The van der Waals surface area contributed by atoms with E-state index in [1.165, 1.54) is 5.56 Å². The molecule has 0 atom stereocenters. The number of benzene rings is 2. The first kappa shape index (κ1) is 15.7. The van der Waals surface area contributed by atoms with E-state index in [-0.39, 0.29) is 11.5 Å². The lowest BCUT2D eigenvalue weighted by molar-refractivity contribution is 0.318. The second kappa shape index (κ2) is 6.41. The summed E-state index contributed by atoms with van der Waals surface area (Å²) < 4.78 is 29.2.